The van der Waals surface area contributed by atoms with Crippen LogP contribution in [0.1, 0.15) is 56.3 Å². The molecule has 0 saturated carbocycles. The highest BCUT2D eigenvalue weighted by Gasteiger charge is 2.32. The van der Waals surface area contributed by atoms with Crippen LogP contribution in [0.15, 0.2) is 52.1 Å². The third kappa shape index (κ3) is 6.05. The summed E-state index contributed by atoms with van der Waals surface area (Å²) in [5.74, 6) is 2.65. The van der Waals surface area contributed by atoms with Gasteiger partial charge in [0.2, 0.25) is 5.91 Å². The number of fused-ring (bicyclic) bond motifs is 1. The molecule has 6 nitrogen and oxygen atoms in total. The molecule has 1 atom stereocenters. The minimum absolute atomic E-state index is 0. The highest BCUT2D eigenvalue weighted by Crippen LogP contribution is 2.38. The fourth-order valence-corrected chi connectivity index (χ4v) is 4.53. The van der Waals surface area contributed by atoms with Crippen molar-refractivity contribution >= 4 is 41.5 Å². The van der Waals surface area contributed by atoms with Crippen LogP contribution in [0.3, 0.4) is 0 Å². The molecule has 174 valence electrons. The molecule has 1 amide bonds. The van der Waals surface area contributed by atoms with Crippen molar-refractivity contribution in [2.24, 2.45) is 4.99 Å². The zero-order chi connectivity index (χ0) is 21.5. The lowest BCUT2D eigenvalue weighted by atomic mass is 9.98. The van der Waals surface area contributed by atoms with E-state index in [0.29, 0.717) is 18.2 Å². The molecule has 0 spiro atoms. The molecular formula is C25H35IN4O2. The average molecular weight is 550 g/mol. The lowest BCUT2D eigenvalue weighted by Gasteiger charge is -2.24. The molecule has 1 fully saturated rings. The molecule has 32 heavy (non-hydrogen) atoms. The lowest BCUT2D eigenvalue weighted by Crippen LogP contribution is -2.42. The van der Waals surface area contributed by atoms with Crippen LogP contribution in [0.5, 0.6) is 0 Å². The van der Waals surface area contributed by atoms with Crippen LogP contribution in [0.25, 0.3) is 0 Å². The number of para-hydroxylation sites is 1. The van der Waals surface area contributed by atoms with Crippen molar-refractivity contribution in [1.29, 1.82) is 0 Å². The Morgan fingerprint density at radius 3 is 2.88 bits per heavy atom. The standard InChI is InChI=1S/C25H34N4O2.HI/c1-2-3-14-26-25(27-15-12-21-8-7-18-31-21)29-19-20(22-9-4-5-10-23(22)29)13-17-28-16-6-11-24(28)30;/h4-5,7-10,18,20H,2-3,6,11-17,19H2,1H3,(H,26,27);1H. The van der Waals surface area contributed by atoms with Crippen molar-refractivity contribution in [1.82, 2.24) is 10.2 Å². The van der Waals surface area contributed by atoms with E-state index >= 15 is 0 Å². The number of likely N-dealkylation sites (tertiary alicyclic amines) is 1. The number of hydrogen-bond donors (Lipinski definition) is 1. The van der Waals surface area contributed by atoms with E-state index in [9.17, 15) is 4.79 Å². The van der Waals surface area contributed by atoms with Gasteiger partial charge in [-0.05, 0) is 43.0 Å². The monoisotopic (exact) mass is 550 g/mol. The summed E-state index contributed by atoms with van der Waals surface area (Å²) < 4.78 is 5.48. The fourth-order valence-electron chi connectivity index (χ4n) is 4.53. The smallest absolute Gasteiger partial charge is 0.222 e. The van der Waals surface area contributed by atoms with Gasteiger partial charge in [0, 0.05) is 57.2 Å². The van der Waals surface area contributed by atoms with Gasteiger partial charge in [0.25, 0.3) is 0 Å². The summed E-state index contributed by atoms with van der Waals surface area (Å²) in [6, 6.07) is 12.6. The van der Waals surface area contributed by atoms with Gasteiger partial charge in [0.05, 0.1) is 6.26 Å². The summed E-state index contributed by atoms with van der Waals surface area (Å²) in [5.41, 5.74) is 2.60. The number of nitrogens with one attached hydrogen (secondary N) is 1. The van der Waals surface area contributed by atoms with E-state index in [1.165, 1.54) is 11.3 Å². The van der Waals surface area contributed by atoms with Crippen molar-refractivity contribution in [3.8, 4) is 0 Å². The topological polar surface area (TPSA) is 61.1 Å². The van der Waals surface area contributed by atoms with Crippen LogP contribution in [-0.4, -0.2) is 49.5 Å². The van der Waals surface area contributed by atoms with Crippen molar-refractivity contribution in [3.05, 3.63) is 54.0 Å². The van der Waals surface area contributed by atoms with Crippen molar-refractivity contribution in [3.63, 3.8) is 0 Å². The molecule has 1 aromatic heterocycles. The predicted molar refractivity (Wildman–Crippen MR) is 140 cm³/mol. The molecule has 0 radical (unpaired) electrons. The molecule has 2 aliphatic rings. The van der Waals surface area contributed by atoms with E-state index in [1.54, 1.807) is 6.26 Å². The first-order valence-electron chi connectivity index (χ1n) is 11.7. The normalized spacial score (nSPS) is 18.1. The number of guanidine groups is 1. The van der Waals surface area contributed by atoms with E-state index in [0.717, 1.165) is 76.5 Å². The number of rotatable bonds is 9. The molecule has 7 heteroatoms. The van der Waals surface area contributed by atoms with Crippen molar-refractivity contribution in [2.75, 3.05) is 37.6 Å². The van der Waals surface area contributed by atoms with Crippen molar-refractivity contribution < 1.29 is 9.21 Å². The molecule has 1 saturated heterocycles. The second-order valence-electron chi connectivity index (χ2n) is 8.45. The number of benzene rings is 1. The zero-order valence-corrected chi connectivity index (χ0v) is 21.3. The van der Waals surface area contributed by atoms with Crippen molar-refractivity contribution in [2.45, 2.75) is 51.4 Å². The quantitative estimate of drug-likeness (QED) is 0.211. The van der Waals surface area contributed by atoms with Gasteiger partial charge in [-0.25, -0.2) is 0 Å². The van der Waals surface area contributed by atoms with Gasteiger partial charge in [-0.1, -0.05) is 31.5 Å². The largest absolute Gasteiger partial charge is 0.469 e. The number of furan rings is 1. The highest BCUT2D eigenvalue weighted by molar-refractivity contribution is 14.0. The van der Waals surface area contributed by atoms with E-state index in [4.69, 9.17) is 9.41 Å². The Morgan fingerprint density at radius 1 is 1.25 bits per heavy atom. The number of nitrogens with zero attached hydrogens (tertiary/aromatic N) is 3. The van der Waals surface area contributed by atoms with E-state index in [1.807, 2.05) is 17.0 Å². The first-order chi connectivity index (χ1) is 15.3. The molecule has 2 aromatic rings. The second kappa shape index (κ2) is 12.3. The minimum atomic E-state index is 0. The number of aliphatic imine (C=N–C) groups is 1. The second-order valence-corrected chi connectivity index (χ2v) is 8.45. The van der Waals surface area contributed by atoms with E-state index in [-0.39, 0.29) is 24.0 Å². The molecule has 4 rings (SSSR count). The molecule has 1 N–H and O–H groups in total. The average Bonchev–Trinajstić information content (AvgIpc) is 3.52. The number of amides is 1. The number of unbranched alkanes of at least 4 members (excludes halogenated alkanes) is 1. The molecular weight excluding hydrogens is 515 g/mol. The molecule has 3 heterocycles. The van der Waals surface area contributed by atoms with Crippen LogP contribution in [0, 0.1) is 0 Å². The Kier molecular flexibility index (Phi) is 9.44. The Balaban J connectivity index is 0.00000289. The lowest BCUT2D eigenvalue weighted by molar-refractivity contribution is -0.127. The fraction of sp³-hybridized carbons (Fsp3) is 0.520. The van der Waals surface area contributed by atoms with E-state index < -0.39 is 0 Å². The maximum atomic E-state index is 12.0. The van der Waals surface area contributed by atoms with Crippen LogP contribution in [-0.2, 0) is 11.2 Å². The summed E-state index contributed by atoms with van der Waals surface area (Å²) in [5, 5.41) is 3.58. The minimum Gasteiger partial charge on any atom is -0.469 e. The highest BCUT2D eigenvalue weighted by atomic mass is 127. The molecule has 0 bridgehead atoms. The molecule has 1 aromatic carbocycles. The maximum absolute atomic E-state index is 12.0. The van der Waals surface area contributed by atoms with Gasteiger partial charge >= 0.3 is 0 Å². The summed E-state index contributed by atoms with van der Waals surface area (Å²) in [6.45, 7) is 6.46. The number of anilines is 1. The molecule has 2 aliphatic heterocycles. The van der Waals surface area contributed by atoms with Crippen LogP contribution in [0.2, 0.25) is 0 Å². The SMILES string of the molecule is CCCCN=C(NCCc1ccco1)N1CC(CCN2CCCC2=O)c2ccccc21.I. The van der Waals surface area contributed by atoms with Gasteiger partial charge in [0.15, 0.2) is 5.96 Å². The predicted octanol–water partition coefficient (Wildman–Crippen LogP) is 4.80. The van der Waals surface area contributed by atoms with Crippen LogP contribution >= 0.6 is 24.0 Å². The van der Waals surface area contributed by atoms with E-state index in [2.05, 4.69) is 41.4 Å². The van der Waals surface area contributed by atoms with Crippen LogP contribution in [0.4, 0.5) is 5.69 Å². The van der Waals surface area contributed by atoms with Gasteiger partial charge in [-0.2, -0.15) is 0 Å². The number of carbonyl (C=O) groups excluding carboxylic acids is 1. The van der Waals surface area contributed by atoms with Gasteiger partial charge in [-0.3, -0.25) is 9.79 Å². The summed E-state index contributed by atoms with van der Waals surface area (Å²) in [4.78, 5) is 21.3. The third-order valence-corrected chi connectivity index (χ3v) is 6.25. The zero-order valence-electron chi connectivity index (χ0n) is 19.0. The number of halogens is 1. The van der Waals surface area contributed by atoms with Gasteiger partial charge < -0.3 is 19.5 Å². The first kappa shape index (κ1) is 24.6. The Morgan fingerprint density at radius 2 is 2.12 bits per heavy atom. The Labute approximate surface area is 208 Å². The third-order valence-electron chi connectivity index (χ3n) is 6.25. The number of hydrogen-bond acceptors (Lipinski definition) is 3. The first-order valence-corrected chi connectivity index (χ1v) is 11.7. The van der Waals surface area contributed by atoms with Crippen LogP contribution < -0.4 is 10.2 Å². The number of carbonyl (C=O) groups is 1. The maximum Gasteiger partial charge on any atom is 0.222 e. The summed E-state index contributed by atoms with van der Waals surface area (Å²) >= 11 is 0. The molecule has 1 unspecified atom stereocenters. The Bertz CT molecular complexity index is 884. The van der Waals surface area contributed by atoms with Gasteiger partial charge in [0.1, 0.15) is 5.76 Å². The summed E-state index contributed by atoms with van der Waals surface area (Å²) in [7, 11) is 0. The Hall–Kier alpha value is -2.03. The molecule has 0 aliphatic carbocycles. The van der Waals surface area contributed by atoms with Gasteiger partial charge in [-0.15, -0.1) is 24.0 Å². The summed E-state index contributed by atoms with van der Waals surface area (Å²) in [6.07, 6.45) is 7.47.